The van der Waals surface area contributed by atoms with E-state index >= 15 is 0 Å². The third kappa shape index (κ3) is 5.21. The molecule has 1 fully saturated rings. The highest BCUT2D eigenvalue weighted by molar-refractivity contribution is 5.85. The largest absolute Gasteiger partial charge is 0.357 e. The fraction of sp³-hybridized carbons (Fsp3) is 0.875. The van der Waals surface area contributed by atoms with Crippen LogP contribution < -0.4 is 5.32 Å². The number of carbonyl (C=O) groups is 1. The van der Waals surface area contributed by atoms with Crippen molar-refractivity contribution in [2.24, 2.45) is 16.8 Å². The minimum absolute atomic E-state index is 0.0427. The van der Waals surface area contributed by atoms with Crippen LogP contribution in [0.25, 0.3) is 0 Å². The van der Waals surface area contributed by atoms with E-state index in [0.29, 0.717) is 0 Å². The minimum atomic E-state index is 0.0427. The summed E-state index contributed by atoms with van der Waals surface area (Å²) in [5.41, 5.74) is 0. The van der Waals surface area contributed by atoms with Crippen LogP contribution in [-0.4, -0.2) is 61.9 Å². The first kappa shape index (κ1) is 17.8. The summed E-state index contributed by atoms with van der Waals surface area (Å²) in [6.07, 6.45) is 3.74. The van der Waals surface area contributed by atoms with Crippen LogP contribution in [0.2, 0.25) is 0 Å². The maximum Gasteiger partial charge on any atom is 0.243 e. The fourth-order valence-electron chi connectivity index (χ4n) is 3.03. The van der Waals surface area contributed by atoms with Crippen LogP contribution in [0.3, 0.4) is 0 Å². The van der Waals surface area contributed by atoms with Gasteiger partial charge in [-0.25, -0.2) is 4.99 Å². The van der Waals surface area contributed by atoms with E-state index in [0.717, 1.165) is 37.4 Å². The first-order chi connectivity index (χ1) is 10.0. The molecule has 1 rings (SSSR count). The van der Waals surface area contributed by atoms with Crippen molar-refractivity contribution in [2.45, 2.75) is 40.0 Å². The number of guanidine groups is 1. The van der Waals surface area contributed by atoms with Gasteiger partial charge in [0.25, 0.3) is 0 Å². The summed E-state index contributed by atoms with van der Waals surface area (Å²) in [7, 11) is 3.54. The number of likely N-dealkylation sites (tertiary alicyclic amines) is 1. The molecule has 0 spiro atoms. The summed E-state index contributed by atoms with van der Waals surface area (Å²) in [4.78, 5) is 20.1. The lowest BCUT2D eigenvalue weighted by atomic mass is 9.87. The first-order valence-corrected chi connectivity index (χ1v) is 8.26. The number of amides is 1. The van der Waals surface area contributed by atoms with Gasteiger partial charge in [-0.15, -0.1) is 0 Å². The van der Waals surface area contributed by atoms with Crippen molar-refractivity contribution < 1.29 is 4.79 Å². The van der Waals surface area contributed by atoms with E-state index in [2.05, 4.69) is 36.0 Å². The lowest BCUT2D eigenvalue weighted by Gasteiger charge is -2.24. The van der Waals surface area contributed by atoms with Crippen LogP contribution in [0, 0.1) is 11.8 Å². The van der Waals surface area contributed by atoms with Crippen molar-refractivity contribution in [3.8, 4) is 0 Å². The van der Waals surface area contributed by atoms with E-state index in [1.807, 2.05) is 0 Å². The van der Waals surface area contributed by atoms with Gasteiger partial charge < -0.3 is 15.1 Å². The summed E-state index contributed by atoms with van der Waals surface area (Å²) in [6.45, 7) is 9.80. The molecule has 0 bridgehead atoms. The molecular weight excluding hydrogens is 264 g/mol. The Hall–Kier alpha value is -1.26. The number of hydrogen-bond donors (Lipinski definition) is 1. The number of hydrogen-bond acceptors (Lipinski definition) is 2. The smallest absolute Gasteiger partial charge is 0.243 e. The molecule has 1 atom stereocenters. The quantitative estimate of drug-likeness (QED) is 0.600. The Balaban J connectivity index is 2.65. The van der Waals surface area contributed by atoms with Crippen LogP contribution in [0.1, 0.15) is 40.0 Å². The number of aliphatic imine (C=N–C) groups is 1. The number of nitrogens with zero attached hydrogens (tertiary/aromatic N) is 3. The molecule has 0 aliphatic carbocycles. The molecule has 1 amide bonds. The van der Waals surface area contributed by atoms with Gasteiger partial charge in [0, 0.05) is 33.7 Å². The van der Waals surface area contributed by atoms with Crippen LogP contribution in [0.4, 0.5) is 0 Å². The number of nitrogens with one attached hydrogen (secondary N) is 1. The van der Waals surface area contributed by atoms with Gasteiger partial charge in [0.1, 0.15) is 6.54 Å². The standard InChI is InChI=1S/C16H32N4O/c1-6-13(7-2)14-9-10-20(12-14)16(17-8-3)18-11-15(21)19(4)5/h13-14H,6-12H2,1-5H3,(H,17,18). The molecule has 1 aliphatic rings. The van der Waals surface area contributed by atoms with E-state index in [1.165, 1.54) is 19.3 Å². The predicted molar refractivity (Wildman–Crippen MR) is 88.4 cm³/mol. The fourth-order valence-corrected chi connectivity index (χ4v) is 3.03. The Morgan fingerprint density at radius 1 is 1.33 bits per heavy atom. The van der Waals surface area contributed by atoms with E-state index in [9.17, 15) is 4.79 Å². The van der Waals surface area contributed by atoms with E-state index in [-0.39, 0.29) is 12.5 Å². The first-order valence-electron chi connectivity index (χ1n) is 8.26. The monoisotopic (exact) mass is 296 g/mol. The number of likely N-dealkylation sites (N-methyl/N-ethyl adjacent to an activating group) is 1. The van der Waals surface area contributed by atoms with Crippen LogP contribution in [-0.2, 0) is 4.79 Å². The molecule has 1 heterocycles. The predicted octanol–water partition coefficient (Wildman–Crippen LogP) is 1.80. The average Bonchev–Trinajstić information content (AvgIpc) is 2.93. The van der Waals surface area contributed by atoms with Crippen molar-refractivity contribution in [3.05, 3.63) is 0 Å². The highest BCUT2D eigenvalue weighted by atomic mass is 16.2. The Bertz CT molecular complexity index is 350. The van der Waals surface area contributed by atoms with Crippen LogP contribution >= 0.6 is 0 Å². The number of carbonyl (C=O) groups excluding carboxylic acids is 1. The Morgan fingerprint density at radius 3 is 2.52 bits per heavy atom. The summed E-state index contributed by atoms with van der Waals surface area (Å²) in [5, 5.41) is 3.32. The van der Waals surface area contributed by atoms with Gasteiger partial charge in [-0.1, -0.05) is 26.7 Å². The lowest BCUT2D eigenvalue weighted by molar-refractivity contribution is -0.127. The average molecular weight is 296 g/mol. The summed E-state index contributed by atoms with van der Waals surface area (Å²) < 4.78 is 0. The molecule has 0 aromatic heterocycles. The van der Waals surface area contributed by atoms with E-state index in [1.54, 1.807) is 19.0 Å². The molecule has 1 saturated heterocycles. The van der Waals surface area contributed by atoms with Crippen molar-refractivity contribution in [3.63, 3.8) is 0 Å². The van der Waals surface area contributed by atoms with Crippen molar-refractivity contribution >= 4 is 11.9 Å². The van der Waals surface area contributed by atoms with Crippen LogP contribution in [0.15, 0.2) is 4.99 Å². The molecular formula is C16H32N4O. The van der Waals surface area contributed by atoms with Gasteiger partial charge in [-0.3, -0.25) is 4.79 Å². The highest BCUT2D eigenvalue weighted by Crippen LogP contribution is 2.28. The van der Waals surface area contributed by atoms with Gasteiger partial charge in [-0.05, 0) is 25.2 Å². The Kier molecular flexibility index (Phi) is 7.54. The summed E-state index contributed by atoms with van der Waals surface area (Å²) in [6, 6.07) is 0. The van der Waals surface area contributed by atoms with Gasteiger partial charge >= 0.3 is 0 Å². The zero-order chi connectivity index (χ0) is 15.8. The second-order valence-corrected chi connectivity index (χ2v) is 6.03. The molecule has 0 saturated carbocycles. The van der Waals surface area contributed by atoms with E-state index < -0.39 is 0 Å². The Labute approximate surface area is 129 Å². The van der Waals surface area contributed by atoms with Crippen molar-refractivity contribution in [1.82, 2.24) is 15.1 Å². The molecule has 122 valence electrons. The summed E-state index contributed by atoms with van der Waals surface area (Å²) in [5.74, 6) is 2.50. The second-order valence-electron chi connectivity index (χ2n) is 6.03. The van der Waals surface area contributed by atoms with Crippen molar-refractivity contribution in [1.29, 1.82) is 0 Å². The topological polar surface area (TPSA) is 47.9 Å². The van der Waals surface area contributed by atoms with Gasteiger partial charge in [0.2, 0.25) is 5.91 Å². The van der Waals surface area contributed by atoms with Crippen LogP contribution in [0.5, 0.6) is 0 Å². The van der Waals surface area contributed by atoms with Gasteiger partial charge in [-0.2, -0.15) is 0 Å². The third-order valence-electron chi connectivity index (χ3n) is 4.44. The molecule has 21 heavy (non-hydrogen) atoms. The third-order valence-corrected chi connectivity index (χ3v) is 4.44. The molecule has 5 nitrogen and oxygen atoms in total. The molecule has 0 aromatic carbocycles. The molecule has 1 aliphatic heterocycles. The Morgan fingerprint density at radius 2 is 2.00 bits per heavy atom. The SMILES string of the molecule is CCNC(=NCC(=O)N(C)C)N1CCC(C(CC)CC)C1. The molecule has 1 N–H and O–H groups in total. The maximum atomic E-state index is 11.7. The normalized spacial score (nSPS) is 19.2. The zero-order valence-electron chi connectivity index (χ0n) is 14.4. The highest BCUT2D eigenvalue weighted by Gasteiger charge is 2.29. The van der Waals surface area contributed by atoms with E-state index in [4.69, 9.17) is 0 Å². The maximum absolute atomic E-state index is 11.7. The lowest BCUT2D eigenvalue weighted by Crippen LogP contribution is -2.41. The molecule has 5 heteroatoms. The zero-order valence-corrected chi connectivity index (χ0v) is 14.4. The van der Waals surface area contributed by atoms with Crippen molar-refractivity contribution in [2.75, 3.05) is 40.3 Å². The summed E-state index contributed by atoms with van der Waals surface area (Å²) >= 11 is 0. The molecule has 1 unspecified atom stereocenters. The minimum Gasteiger partial charge on any atom is -0.357 e. The van der Waals surface area contributed by atoms with Gasteiger partial charge in [0.05, 0.1) is 0 Å². The molecule has 0 radical (unpaired) electrons. The van der Waals surface area contributed by atoms with Gasteiger partial charge in [0.15, 0.2) is 5.96 Å². The molecule has 0 aromatic rings. The number of rotatable bonds is 6. The second kappa shape index (κ2) is 8.90.